The van der Waals surface area contributed by atoms with Crippen molar-refractivity contribution in [1.29, 1.82) is 0 Å². The largest absolute Gasteiger partial charge is 0.337 e. The van der Waals surface area contributed by atoms with E-state index in [2.05, 4.69) is 31.7 Å². The number of rotatable bonds is 3. The molecule has 0 spiro atoms. The monoisotopic (exact) mass is 260 g/mol. The van der Waals surface area contributed by atoms with Crippen molar-refractivity contribution in [1.82, 2.24) is 9.97 Å². The number of nitrogens with two attached hydrogens (primary N) is 1. The molecule has 0 radical (unpaired) electrons. The first-order valence-corrected chi connectivity index (χ1v) is 7.15. The zero-order valence-electron chi connectivity index (χ0n) is 10.1. The Balaban J connectivity index is 1.91. The second kappa shape index (κ2) is 5.04. The Morgan fingerprint density at radius 3 is 3.17 bits per heavy atom. The van der Waals surface area contributed by atoms with Gasteiger partial charge in [0.1, 0.15) is 0 Å². The molecule has 2 aromatic rings. The summed E-state index contributed by atoms with van der Waals surface area (Å²) in [7, 11) is 0. The lowest BCUT2D eigenvalue weighted by Crippen LogP contribution is -2.36. The molecule has 1 fully saturated rings. The summed E-state index contributed by atoms with van der Waals surface area (Å²) in [5.74, 6) is 0.812. The quantitative estimate of drug-likeness (QED) is 0.918. The number of anilines is 1. The number of hydrogen-bond acceptors (Lipinski definition) is 5. The van der Waals surface area contributed by atoms with Crippen LogP contribution in [0.15, 0.2) is 29.1 Å². The molecule has 2 aromatic heterocycles. The average molecular weight is 260 g/mol. The molecule has 1 aliphatic heterocycles. The Labute approximate surface area is 110 Å². The molecule has 94 valence electrons. The van der Waals surface area contributed by atoms with Crippen LogP contribution in [0.1, 0.15) is 12.8 Å². The summed E-state index contributed by atoms with van der Waals surface area (Å²) in [6.45, 7) is 1.68. The molecule has 4 nitrogen and oxygen atoms in total. The van der Waals surface area contributed by atoms with Gasteiger partial charge >= 0.3 is 0 Å². The zero-order chi connectivity index (χ0) is 12.4. The molecular weight excluding hydrogens is 244 g/mol. The summed E-state index contributed by atoms with van der Waals surface area (Å²) in [6, 6.07) is 4.43. The van der Waals surface area contributed by atoms with Crippen molar-refractivity contribution >= 4 is 17.3 Å². The van der Waals surface area contributed by atoms with Crippen molar-refractivity contribution in [3.63, 3.8) is 0 Å². The Hall–Kier alpha value is -1.46. The van der Waals surface area contributed by atoms with Crippen molar-refractivity contribution in [2.75, 3.05) is 18.0 Å². The molecule has 2 N–H and O–H groups in total. The molecule has 18 heavy (non-hydrogen) atoms. The normalized spacial score (nSPS) is 19.4. The molecule has 3 rings (SSSR count). The topological polar surface area (TPSA) is 55.0 Å². The number of aromatic nitrogens is 2. The third kappa shape index (κ3) is 2.11. The summed E-state index contributed by atoms with van der Waals surface area (Å²) in [5, 5.41) is 4.17. The van der Waals surface area contributed by atoms with Crippen LogP contribution < -0.4 is 10.6 Å². The van der Waals surface area contributed by atoms with Gasteiger partial charge in [-0.25, -0.2) is 9.97 Å². The summed E-state index contributed by atoms with van der Waals surface area (Å²) in [5.41, 5.74) is 7.95. The predicted molar refractivity (Wildman–Crippen MR) is 74.8 cm³/mol. The van der Waals surface area contributed by atoms with E-state index in [1.54, 1.807) is 11.3 Å². The molecule has 1 aliphatic rings. The fourth-order valence-electron chi connectivity index (χ4n) is 2.40. The van der Waals surface area contributed by atoms with Crippen molar-refractivity contribution in [3.8, 4) is 11.3 Å². The van der Waals surface area contributed by atoms with Crippen LogP contribution >= 0.6 is 11.3 Å². The van der Waals surface area contributed by atoms with Gasteiger partial charge in [0.2, 0.25) is 5.95 Å². The molecule has 0 bridgehead atoms. The first kappa shape index (κ1) is 11.6. The Morgan fingerprint density at radius 2 is 2.39 bits per heavy atom. The molecular formula is C13H16N4S. The minimum atomic E-state index is 0.391. The van der Waals surface area contributed by atoms with Gasteiger partial charge in [0, 0.05) is 36.3 Å². The van der Waals surface area contributed by atoms with Crippen LogP contribution in [0.3, 0.4) is 0 Å². The molecule has 1 saturated heterocycles. The highest BCUT2D eigenvalue weighted by Crippen LogP contribution is 2.25. The highest BCUT2D eigenvalue weighted by atomic mass is 32.1. The summed E-state index contributed by atoms with van der Waals surface area (Å²) in [6.07, 6.45) is 4.15. The van der Waals surface area contributed by atoms with E-state index >= 15 is 0 Å². The van der Waals surface area contributed by atoms with Crippen molar-refractivity contribution in [3.05, 3.63) is 29.1 Å². The van der Waals surface area contributed by atoms with Crippen LogP contribution in [0.5, 0.6) is 0 Å². The number of hydrogen-bond donors (Lipinski definition) is 1. The average Bonchev–Trinajstić information content (AvgIpc) is 3.10. The van der Waals surface area contributed by atoms with Gasteiger partial charge in [-0.2, -0.15) is 11.3 Å². The predicted octanol–water partition coefficient (Wildman–Crippen LogP) is 2.13. The molecule has 5 heteroatoms. The molecule has 1 atom stereocenters. The van der Waals surface area contributed by atoms with E-state index in [0.29, 0.717) is 12.6 Å². The van der Waals surface area contributed by atoms with Gasteiger partial charge in [0.15, 0.2) is 0 Å². The van der Waals surface area contributed by atoms with Gasteiger partial charge in [0.05, 0.1) is 5.69 Å². The van der Waals surface area contributed by atoms with E-state index < -0.39 is 0 Å². The van der Waals surface area contributed by atoms with E-state index in [1.807, 2.05) is 12.3 Å². The Morgan fingerprint density at radius 1 is 1.44 bits per heavy atom. The van der Waals surface area contributed by atoms with E-state index in [1.165, 1.54) is 6.42 Å². The fraction of sp³-hybridized carbons (Fsp3) is 0.385. The minimum absolute atomic E-state index is 0.391. The molecule has 1 unspecified atom stereocenters. The third-order valence-corrected chi connectivity index (χ3v) is 4.05. The van der Waals surface area contributed by atoms with E-state index in [9.17, 15) is 0 Å². The maximum absolute atomic E-state index is 5.80. The maximum Gasteiger partial charge on any atom is 0.226 e. The van der Waals surface area contributed by atoms with Gasteiger partial charge in [-0.15, -0.1) is 0 Å². The van der Waals surface area contributed by atoms with E-state index in [0.717, 1.165) is 30.2 Å². The first-order chi connectivity index (χ1) is 8.88. The SMILES string of the molecule is NCC1CCCN1c1nccc(-c2ccsc2)n1. The van der Waals surface area contributed by atoms with Gasteiger partial charge in [0.25, 0.3) is 0 Å². The second-order valence-electron chi connectivity index (χ2n) is 4.48. The van der Waals surface area contributed by atoms with Crippen LogP contribution in [0.4, 0.5) is 5.95 Å². The zero-order valence-corrected chi connectivity index (χ0v) is 10.9. The number of thiophene rings is 1. The molecule has 0 saturated carbocycles. The standard InChI is InChI=1S/C13H16N4S/c14-8-11-2-1-6-17(11)13-15-5-3-12(16-13)10-4-7-18-9-10/h3-5,7,9,11H,1-2,6,8,14H2. The summed E-state index contributed by atoms with van der Waals surface area (Å²) < 4.78 is 0. The van der Waals surface area contributed by atoms with Crippen molar-refractivity contribution in [2.45, 2.75) is 18.9 Å². The van der Waals surface area contributed by atoms with Crippen LogP contribution in [0.25, 0.3) is 11.3 Å². The highest BCUT2D eigenvalue weighted by molar-refractivity contribution is 7.08. The van der Waals surface area contributed by atoms with Crippen LogP contribution in [0, 0.1) is 0 Å². The number of nitrogens with zero attached hydrogens (tertiary/aromatic N) is 3. The van der Waals surface area contributed by atoms with Crippen LogP contribution in [-0.2, 0) is 0 Å². The summed E-state index contributed by atoms with van der Waals surface area (Å²) in [4.78, 5) is 11.3. The molecule has 0 amide bonds. The Kier molecular flexibility index (Phi) is 3.25. The van der Waals surface area contributed by atoms with Gasteiger partial charge in [-0.05, 0) is 30.4 Å². The fourth-order valence-corrected chi connectivity index (χ4v) is 3.05. The Bertz CT molecular complexity index is 511. The van der Waals surface area contributed by atoms with Crippen LogP contribution in [0.2, 0.25) is 0 Å². The van der Waals surface area contributed by atoms with Crippen molar-refractivity contribution in [2.24, 2.45) is 5.73 Å². The maximum atomic E-state index is 5.80. The minimum Gasteiger partial charge on any atom is -0.337 e. The lowest BCUT2D eigenvalue weighted by Gasteiger charge is -2.23. The third-order valence-electron chi connectivity index (χ3n) is 3.37. The lowest BCUT2D eigenvalue weighted by atomic mass is 10.2. The summed E-state index contributed by atoms with van der Waals surface area (Å²) >= 11 is 1.68. The van der Waals surface area contributed by atoms with Crippen LogP contribution in [-0.4, -0.2) is 29.1 Å². The first-order valence-electron chi connectivity index (χ1n) is 6.21. The smallest absolute Gasteiger partial charge is 0.226 e. The molecule has 3 heterocycles. The lowest BCUT2D eigenvalue weighted by molar-refractivity contribution is 0.664. The van der Waals surface area contributed by atoms with Gasteiger partial charge in [-0.1, -0.05) is 0 Å². The van der Waals surface area contributed by atoms with Gasteiger partial charge in [-0.3, -0.25) is 0 Å². The van der Waals surface area contributed by atoms with Crippen molar-refractivity contribution < 1.29 is 0 Å². The molecule has 0 aromatic carbocycles. The molecule has 0 aliphatic carbocycles. The second-order valence-corrected chi connectivity index (χ2v) is 5.26. The highest BCUT2D eigenvalue weighted by Gasteiger charge is 2.25. The van der Waals surface area contributed by atoms with Gasteiger partial charge < -0.3 is 10.6 Å². The van der Waals surface area contributed by atoms with E-state index in [-0.39, 0.29) is 0 Å². The van der Waals surface area contributed by atoms with E-state index in [4.69, 9.17) is 5.73 Å².